The van der Waals surface area contributed by atoms with E-state index in [0.717, 1.165) is 18.5 Å². The van der Waals surface area contributed by atoms with Crippen LogP contribution in [0.3, 0.4) is 0 Å². The molecule has 0 radical (unpaired) electrons. The van der Waals surface area contributed by atoms with Gasteiger partial charge in [0, 0.05) is 6.54 Å². The molecule has 4 heteroatoms. The van der Waals surface area contributed by atoms with Crippen molar-refractivity contribution in [3.05, 3.63) is 35.1 Å². The lowest BCUT2D eigenvalue weighted by Crippen LogP contribution is -2.32. The number of aryl methyl sites for hydroxylation is 1. The fourth-order valence-electron chi connectivity index (χ4n) is 1.22. The summed E-state index contributed by atoms with van der Waals surface area (Å²) in [5.41, 5.74) is 7.09. The molecule has 0 saturated heterocycles. The van der Waals surface area contributed by atoms with Gasteiger partial charge in [-0.15, -0.1) is 0 Å². The van der Waals surface area contributed by atoms with Crippen LogP contribution in [0.4, 0.5) is 4.39 Å². The van der Waals surface area contributed by atoms with Crippen molar-refractivity contribution in [3.8, 4) is 0 Å². The molecule has 0 atom stereocenters. The number of nitrogens with zero attached hydrogens (tertiary/aromatic N) is 1. The summed E-state index contributed by atoms with van der Waals surface area (Å²) in [6, 6.07) is 5.09. The second kappa shape index (κ2) is 6.10. The fourth-order valence-corrected chi connectivity index (χ4v) is 1.22. The van der Waals surface area contributed by atoms with E-state index in [9.17, 15) is 4.39 Å². The van der Waals surface area contributed by atoms with E-state index in [0.29, 0.717) is 18.1 Å². The lowest BCUT2D eigenvalue weighted by Gasteiger charge is -2.04. The Labute approximate surface area is 95.6 Å². The highest BCUT2D eigenvalue weighted by molar-refractivity contribution is 5.77. The predicted molar refractivity (Wildman–Crippen MR) is 64.8 cm³/mol. The van der Waals surface area contributed by atoms with Crippen LogP contribution in [0.15, 0.2) is 23.2 Å². The van der Waals surface area contributed by atoms with Gasteiger partial charge in [0.15, 0.2) is 5.96 Å². The third-order valence-electron chi connectivity index (χ3n) is 2.22. The van der Waals surface area contributed by atoms with E-state index in [1.54, 1.807) is 13.0 Å². The van der Waals surface area contributed by atoms with Gasteiger partial charge in [0.2, 0.25) is 0 Å². The molecule has 1 aromatic carbocycles. The molecule has 0 saturated carbocycles. The molecule has 3 N–H and O–H groups in total. The van der Waals surface area contributed by atoms with Gasteiger partial charge in [-0.1, -0.05) is 19.1 Å². The summed E-state index contributed by atoms with van der Waals surface area (Å²) in [5.74, 6) is 0.204. The number of guanidine groups is 1. The molecule has 0 unspecified atom stereocenters. The molecule has 0 aliphatic heterocycles. The first-order valence-electron chi connectivity index (χ1n) is 5.42. The molecule has 0 spiro atoms. The lowest BCUT2D eigenvalue weighted by atomic mass is 10.1. The zero-order valence-electron chi connectivity index (χ0n) is 9.76. The molecule has 0 bridgehead atoms. The molecule has 16 heavy (non-hydrogen) atoms. The molecule has 0 amide bonds. The average molecular weight is 223 g/mol. The van der Waals surface area contributed by atoms with Gasteiger partial charge in [0.25, 0.3) is 0 Å². The second-order valence-electron chi connectivity index (χ2n) is 3.71. The summed E-state index contributed by atoms with van der Waals surface area (Å²) in [5, 5.41) is 2.96. The highest BCUT2D eigenvalue weighted by Crippen LogP contribution is 2.09. The Morgan fingerprint density at radius 1 is 1.50 bits per heavy atom. The molecule has 0 aliphatic rings. The fraction of sp³-hybridized carbons (Fsp3) is 0.417. The van der Waals surface area contributed by atoms with Crippen LogP contribution in [-0.2, 0) is 6.54 Å². The van der Waals surface area contributed by atoms with Crippen LogP contribution >= 0.6 is 0 Å². The zero-order valence-corrected chi connectivity index (χ0v) is 9.76. The number of nitrogens with two attached hydrogens (primary N) is 1. The van der Waals surface area contributed by atoms with Crippen molar-refractivity contribution >= 4 is 5.96 Å². The van der Waals surface area contributed by atoms with Gasteiger partial charge in [0.1, 0.15) is 5.82 Å². The molecular weight excluding hydrogens is 205 g/mol. The zero-order chi connectivity index (χ0) is 12.0. The number of hydrogen-bond acceptors (Lipinski definition) is 1. The summed E-state index contributed by atoms with van der Waals surface area (Å²) in [6.45, 7) is 4.99. The van der Waals surface area contributed by atoms with E-state index in [2.05, 4.69) is 17.2 Å². The van der Waals surface area contributed by atoms with E-state index in [-0.39, 0.29) is 5.82 Å². The first kappa shape index (κ1) is 12.5. The number of rotatable bonds is 4. The molecular formula is C12H18FN3. The quantitative estimate of drug-likeness (QED) is 0.605. The number of benzene rings is 1. The van der Waals surface area contributed by atoms with Gasteiger partial charge in [-0.2, -0.15) is 0 Å². The van der Waals surface area contributed by atoms with Crippen molar-refractivity contribution in [2.75, 3.05) is 6.54 Å². The van der Waals surface area contributed by atoms with Crippen molar-refractivity contribution in [3.63, 3.8) is 0 Å². The Morgan fingerprint density at radius 3 is 2.88 bits per heavy atom. The van der Waals surface area contributed by atoms with E-state index in [1.165, 1.54) is 6.07 Å². The summed E-state index contributed by atoms with van der Waals surface area (Å²) < 4.78 is 13.2. The number of aliphatic imine (C=N–C) groups is 1. The van der Waals surface area contributed by atoms with E-state index in [4.69, 9.17) is 5.73 Å². The summed E-state index contributed by atoms with van der Waals surface area (Å²) in [4.78, 5) is 4.12. The summed E-state index contributed by atoms with van der Waals surface area (Å²) >= 11 is 0. The van der Waals surface area contributed by atoms with Gasteiger partial charge >= 0.3 is 0 Å². The molecule has 1 rings (SSSR count). The Kier molecular flexibility index (Phi) is 4.76. The first-order valence-corrected chi connectivity index (χ1v) is 5.42. The Morgan fingerprint density at radius 2 is 2.25 bits per heavy atom. The number of hydrogen-bond donors (Lipinski definition) is 2. The lowest BCUT2D eigenvalue weighted by molar-refractivity contribution is 0.616. The van der Waals surface area contributed by atoms with Crippen LogP contribution in [-0.4, -0.2) is 12.5 Å². The number of halogens is 1. The van der Waals surface area contributed by atoms with Crippen LogP contribution in [0.5, 0.6) is 0 Å². The van der Waals surface area contributed by atoms with Gasteiger partial charge < -0.3 is 11.1 Å². The molecule has 1 aromatic rings. The monoisotopic (exact) mass is 223 g/mol. The van der Waals surface area contributed by atoms with Crippen LogP contribution in [0, 0.1) is 12.7 Å². The summed E-state index contributed by atoms with van der Waals surface area (Å²) in [6.07, 6.45) is 0.995. The number of nitrogens with one attached hydrogen (secondary N) is 1. The minimum absolute atomic E-state index is 0.201. The third kappa shape index (κ3) is 3.88. The van der Waals surface area contributed by atoms with Crippen LogP contribution in [0.2, 0.25) is 0 Å². The molecule has 0 fully saturated rings. The summed E-state index contributed by atoms with van der Waals surface area (Å²) in [7, 11) is 0. The van der Waals surface area contributed by atoms with Crippen molar-refractivity contribution < 1.29 is 4.39 Å². The second-order valence-corrected chi connectivity index (χ2v) is 3.71. The molecule has 88 valence electrons. The van der Waals surface area contributed by atoms with Crippen molar-refractivity contribution in [1.82, 2.24) is 5.32 Å². The van der Waals surface area contributed by atoms with E-state index >= 15 is 0 Å². The van der Waals surface area contributed by atoms with Gasteiger partial charge in [-0.3, -0.25) is 0 Å². The normalized spacial score (nSPS) is 11.6. The molecule has 3 nitrogen and oxygen atoms in total. The van der Waals surface area contributed by atoms with Crippen LogP contribution < -0.4 is 11.1 Å². The highest BCUT2D eigenvalue weighted by Gasteiger charge is 1.98. The standard InChI is InChI=1S/C12H18FN3/c1-3-6-15-12(14)16-8-10-5-4-9(2)11(13)7-10/h4-5,7H,3,6,8H2,1-2H3,(H3,14,15,16). The minimum Gasteiger partial charge on any atom is -0.370 e. The Balaban J connectivity index is 2.56. The maximum Gasteiger partial charge on any atom is 0.188 e. The molecule has 0 aromatic heterocycles. The van der Waals surface area contributed by atoms with Crippen molar-refractivity contribution in [1.29, 1.82) is 0 Å². The van der Waals surface area contributed by atoms with Crippen LogP contribution in [0.1, 0.15) is 24.5 Å². The van der Waals surface area contributed by atoms with Crippen LogP contribution in [0.25, 0.3) is 0 Å². The topological polar surface area (TPSA) is 50.4 Å². The van der Waals surface area contributed by atoms with Gasteiger partial charge in [-0.25, -0.2) is 9.38 Å². The Bertz CT molecular complexity index is 375. The third-order valence-corrected chi connectivity index (χ3v) is 2.22. The van der Waals surface area contributed by atoms with Crippen molar-refractivity contribution in [2.24, 2.45) is 10.7 Å². The minimum atomic E-state index is -0.201. The maximum absolute atomic E-state index is 13.2. The van der Waals surface area contributed by atoms with E-state index in [1.807, 2.05) is 6.07 Å². The maximum atomic E-state index is 13.2. The average Bonchev–Trinajstić information content (AvgIpc) is 2.28. The predicted octanol–water partition coefficient (Wildman–Crippen LogP) is 1.95. The highest BCUT2D eigenvalue weighted by atomic mass is 19.1. The molecule has 0 heterocycles. The molecule has 0 aliphatic carbocycles. The van der Waals surface area contributed by atoms with Gasteiger partial charge in [0.05, 0.1) is 6.54 Å². The van der Waals surface area contributed by atoms with E-state index < -0.39 is 0 Å². The largest absolute Gasteiger partial charge is 0.370 e. The van der Waals surface area contributed by atoms with Crippen molar-refractivity contribution in [2.45, 2.75) is 26.8 Å². The first-order chi connectivity index (χ1) is 7.63. The Hall–Kier alpha value is -1.58. The van der Waals surface area contributed by atoms with Gasteiger partial charge in [-0.05, 0) is 30.5 Å². The smallest absolute Gasteiger partial charge is 0.188 e. The SMILES string of the molecule is CCCNC(N)=NCc1ccc(C)c(F)c1.